The Bertz CT molecular complexity index is 1160. The normalized spacial score (nSPS) is 20.0. The first-order valence-corrected chi connectivity index (χ1v) is 11.8. The lowest BCUT2D eigenvalue weighted by atomic mass is 9.71. The van der Waals surface area contributed by atoms with Gasteiger partial charge in [0.05, 0.1) is 11.9 Å². The summed E-state index contributed by atoms with van der Waals surface area (Å²) in [5.41, 5.74) is 5.90. The second kappa shape index (κ2) is 7.71. The molecule has 4 heterocycles. The summed E-state index contributed by atoms with van der Waals surface area (Å²) in [6.45, 7) is 12.3. The second-order valence-electron chi connectivity index (χ2n) is 10.7. The zero-order chi connectivity index (χ0) is 22.6. The molecule has 1 unspecified atom stereocenters. The maximum atomic E-state index is 13.3. The van der Waals surface area contributed by atoms with Gasteiger partial charge in [-0.15, -0.1) is 0 Å². The predicted molar refractivity (Wildman–Crippen MR) is 122 cm³/mol. The van der Waals surface area contributed by atoms with Crippen molar-refractivity contribution >= 4 is 11.6 Å². The fourth-order valence-electron chi connectivity index (χ4n) is 5.43. The van der Waals surface area contributed by atoms with Crippen LogP contribution in [0.25, 0.3) is 5.65 Å². The summed E-state index contributed by atoms with van der Waals surface area (Å²) in [6.07, 6.45) is 6.71. The number of aromatic nitrogens is 4. The smallest absolute Gasteiger partial charge is 0.259 e. The SMILES string of the molecule is Cc1cc(C)n2ncc(C(=O)N3CCC(c4onc5c4CC(C(C)(C)C)CC5)CC3)c2n1. The summed E-state index contributed by atoms with van der Waals surface area (Å²) < 4.78 is 7.64. The Kier molecular flexibility index (Phi) is 5.10. The number of likely N-dealkylation sites (tertiary alicyclic amines) is 1. The van der Waals surface area contributed by atoms with Crippen molar-refractivity contribution in [2.75, 3.05) is 13.1 Å². The van der Waals surface area contributed by atoms with Crippen LogP contribution in [-0.2, 0) is 12.8 Å². The maximum Gasteiger partial charge on any atom is 0.259 e. The Morgan fingerprint density at radius 3 is 2.62 bits per heavy atom. The fraction of sp³-hybridized carbons (Fsp3) is 0.600. The molecule has 7 heteroatoms. The van der Waals surface area contributed by atoms with Gasteiger partial charge in [0.25, 0.3) is 5.91 Å². The Morgan fingerprint density at radius 2 is 1.91 bits per heavy atom. The van der Waals surface area contributed by atoms with Gasteiger partial charge in [-0.25, -0.2) is 9.50 Å². The lowest BCUT2D eigenvalue weighted by molar-refractivity contribution is 0.0707. The average Bonchev–Trinajstić information content (AvgIpc) is 3.36. The van der Waals surface area contributed by atoms with Gasteiger partial charge in [-0.05, 0) is 63.4 Å². The molecule has 2 aliphatic rings. The van der Waals surface area contributed by atoms with Crippen LogP contribution in [0.15, 0.2) is 16.8 Å². The molecule has 170 valence electrons. The van der Waals surface area contributed by atoms with E-state index in [1.807, 2.05) is 24.8 Å². The van der Waals surface area contributed by atoms with Crippen LogP contribution in [0.2, 0.25) is 0 Å². The number of rotatable bonds is 2. The number of piperidine rings is 1. The van der Waals surface area contributed by atoms with Gasteiger partial charge < -0.3 is 9.42 Å². The molecule has 0 spiro atoms. The summed E-state index contributed by atoms with van der Waals surface area (Å²) in [5, 5.41) is 8.81. The topological polar surface area (TPSA) is 76.5 Å². The van der Waals surface area contributed by atoms with E-state index in [1.165, 1.54) is 12.0 Å². The highest BCUT2D eigenvalue weighted by Crippen LogP contribution is 2.41. The monoisotopic (exact) mass is 435 g/mol. The van der Waals surface area contributed by atoms with E-state index in [0.717, 1.165) is 48.5 Å². The Labute approximate surface area is 189 Å². The van der Waals surface area contributed by atoms with E-state index in [4.69, 9.17) is 4.52 Å². The summed E-state index contributed by atoms with van der Waals surface area (Å²) in [5.74, 6) is 2.08. The van der Waals surface area contributed by atoms with Crippen molar-refractivity contribution in [2.45, 2.75) is 72.6 Å². The lowest BCUT2D eigenvalue weighted by Gasteiger charge is -2.34. The molecule has 0 radical (unpaired) electrons. The highest BCUT2D eigenvalue weighted by Gasteiger charge is 2.36. The second-order valence-corrected chi connectivity index (χ2v) is 10.7. The van der Waals surface area contributed by atoms with E-state index >= 15 is 0 Å². The molecule has 3 aromatic heterocycles. The van der Waals surface area contributed by atoms with Crippen LogP contribution in [0.1, 0.15) is 84.7 Å². The summed E-state index contributed by atoms with van der Waals surface area (Å²) in [6, 6.07) is 1.97. The first-order valence-electron chi connectivity index (χ1n) is 11.8. The molecular formula is C25H33N5O2. The van der Waals surface area contributed by atoms with Gasteiger partial charge in [-0.3, -0.25) is 4.79 Å². The minimum absolute atomic E-state index is 0.0170. The number of aryl methyl sites for hydroxylation is 3. The molecule has 1 saturated heterocycles. The predicted octanol–water partition coefficient (Wildman–Crippen LogP) is 4.50. The quantitative estimate of drug-likeness (QED) is 0.592. The van der Waals surface area contributed by atoms with Crippen molar-refractivity contribution in [3.63, 3.8) is 0 Å². The lowest BCUT2D eigenvalue weighted by Crippen LogP contribution is -2.38. The van der Waals surface area contributed by atoms with E-state index < -0.39 is 0 Å². The van der Waals surface area contributed by atoms with Gasteiger partial charge in [-0.1, -0.05) is 25.9 Å². The Balaban J connectivity index is 1.31. The van der Waals surface area contributed by atoms with E-state index in [9.17, 15) is 4.79 Å². The molecular weight excluding hydrogens is 402 g/mol. The molecule has 0 saturated carbocycles. The first kappa shape index (κ1) is 21.2. The van der Waals surface area contributed by atoms with E-state index in [0.29, 0.717) is 41.6 Å². The molecule has 0 aromatic carbocycles. The van der Waals surface area contributed by atoms with Gasteiger partial charge >= 0.3 is 0 Å². The van der Waals surface area contributed by atoms with Gasteiger partial charge in [0.2, 0.25) is 0 Å². The molecule has 3 aromatic rings. The Morgan fingerprint density at radius 1 is 1.16 bits per heavy atom. The summed E-state index contributed by atoms with van der Waals surface area (Å²) in [4.78, 5) is 19.8. The number of nitrogens with zero attached hydrogens (tertiary/aromatic N) is 5. The van der Waals surface area contributed by atoms with Gasteiger partial charge in [0, 0.05) is 36.0 Å². The van der Waals surface area contributed by atoms with Crippen molar-refractivity contribution in [3.05, 3.63) is 46.2 Å². The minimum Gasteiger partial charge on any atom is -0.361 e. The fourth-order valence-corrected chi connectivity index (χ4v) is 5.43. The van der Waals surface area contributed by atoms with Crippen molar-refractivity contribution in [1.82, 2.24) is 24.7 Å². The van der Waals surface area contributed by atoms with Gasteiger partial charge in [0.1, 0.15) is 11.3 Å². The van der Waals surface area contributed by atoms with Crippen LogP contribution in [0, 0.1) is 25.2 Å². The summed E-state index contributed by atoms with van der Waals surface area (Å²) >= 11 is 0. The van der Waals surface area contributed by atoms with Gasteiger partial charge in [-0.2, -0.15) is 5.10 Å². The number of carbonyl (C=O) groups is 1. The standard InChI is InChI=1S/C25H33N5O2/c1-15-12-16(2)30-23(27-15)20(14-26-30)24(31)29-10-8-17(9-11-29)22-19-13-18(25(3,4)5)6-7-21(19)28-32-22/h12,14,17-18H,6-11,13H2,1-5H3. The van der Waals surface area contributed by atoms with Gasteiger partial charge in [0.15, 0.2) is 5.65 Å². The van der Waals surface area contributed by atoms with Crippen molar-refractivity contribution < 1.29 is 9.32 Å². The molecule has 0 bridgehead atoms. The van der Waals surface area contributed by atoms with Crippen molar-refractivity contribution in [3.8, 4) is 0 Å². The molecule has 1 amide bonds. The number of fused-ring (bicyclic) bond motifs is 2. The maximum absolute atomic E-state index is 13.3. The van der Waals surface area contributed by atoms with Crippen LogP contribution in [0.5, 0.6) is 0 Å². The third-order valence-corrected chi connectivity index (χ3v) is 7.47. The number of amides is 1. The van der Waals surface area contributed by atoms with Crippen LogP contribution < -0.4 is 0 Å². The first-order chi connectivity index (χ1) is 15.2. The third kappa shape index (κ3) is 3.61. The molecule has 0 N–H and O–H groups in total. The number of hydrogen-bond acceptors (Lipinski definition) is 5. The van der Waals surface area contributed by atoms with Crippen molar-refractivity contribution in [2.24, 2.45) is 11.3 Å². The molecule has 1 aliphatic carbocycles. The third-order valence-electron chi connectivity index (χ3n) is 7.47. The van der Waals surface area contributed by atoms with Crippen LogP contribution in [-0.4, -0.2) is 43.7 Å². The largest absolute Gasteiger partial charge is 0.361 e. The Hall–Kier alpha value is -2.70. The van der Waals surface area contributed by atoms with Crippen LogP contribution in [0.4, 0.5) is 0 Å². The molecule has 5 rings (SSSR count). The van der Waals surface area contributed by atoms with Crippen LogP contribution >= 0.6 is 0 Å². The molecule has 1 aliphatic heterocycles. The van der Waals surface area contributed by atoms with Crippen molar-refractivity contribution in [1.29, 1.82) is 0 Å². The average molecular weight is 436 g/mol. The minimum atomic E-state index is 0.0170. The number of hydrogen-bond donors (Lipinski definition) is 0. The zero-order valence-corrected chi connectivity index (χ0v) is 19.8. The molecule has 1 atom stereocenters. The van der Waals surface area contributed by atoms with Crippen LogP contribution in [0.3, 0.4) is 0 Å². The van der Waals surface area contributed by atoms with E-state index in [2.05, 4.69) is 36.0 Å². The molecule has 32 heavy (non-hydrogen) atoms. The highest BCUT2D eigenvalue weighted by atomic mass is 16.5. The zero-order valence-electron chi connectivity index (χ0n) is 19.8. The van der Waals surface area contributed by atoms with E-state index in [-0.39, 0.29) is 5.91 Å². The molecule has 7 nitrogen and oxygen atoms in total. The summed E-state index contributed by atoms with van der Waals surface area (Å²) in [7, 11) is 0. The number of carbonyl (C=O) groups excluding carboxylic acids is 1. The highest BCUT2D eigenvalue weighted by molar-refractivity contribution is 5.99. The van der Waals surface area contributed by atoms with E-state index in [1.54, 1.807) is 10.7 Å². The molecule has 1 fully saturated rings.